The Bertz CT molecular complexity index is 80.6. The van der Waals surface area contributed by atoms with Crippen molar-refractivity contribution in [1.29, 1.82) is 0 Å². The Morgan fingerprint density at radius 3 is 1.07 bits per heavy atom. The molecule has 0 aliphatic heterocycles. The maximum absolute atomic E-state index is 2.31. The molecule has 0 spiro atoms. The van der Waals surface area contributed by atoms with Crippen molar-refractivity contribution in [2.24, 2.45) is 0 Å². The van der Waals surface area contributed by atoms with E-state index >= 15 is 0 Å². The van der Waals surface area contributed by atoms with E-state index in [1.54, 1.807) is 18.5 Å². The summed E-state index contributed by atoms with van der Waals surface area (Å²) >= 11 is 0. The van der Waals surface area contributed by atoms with E-state index in [9.17, 15) is 0 Å². The fourth-order valence-electron chi connectivity index (χ4n) is 1.48. The first kappa shape index (κ1) is 20.7. The Morgan fingerprint density at radius 1 is 0.600 bits per heavy atom. The molecule has 0 atom stereocenters. The molecule has 4 N–H and O–H groups in total. The van der Waals surface area contributed by atoms with Crippen molar-refractivity contribution in [3.8, 4) is 0 Å². The van der Waals surface area contributed by atoms with Crippen molar-refractivity contribution in [3.63, 3.8) is 0 Å². The lowest BCUT2D eigenvalue weighted by Gasteiger charge is -2.16. The first-order chi connectivity index (χ1) is 6.35. The van der Waals surface area contributed by atoms with Gasteiger partial charge in [-0.05, 0) is 37.7 Å². The van der Waals surface area contributed by atoms with E-state index < -0.39 is 0 Å². The fraction of sp³-hybridized carbons (Fsp3) is 1.00. The summed E-state index contributed by atoms with van der Waals surface area (Å²) in [5.74, 6) is 0. The standard InChI is InChI=1S/C12H27P.2H2O/c1-4-7-10-13(11-8-5-2)12-9-6-3;;/h4-12H2,1-3H3;2*1H2. The highest BCUT2D eigenvalue weighted by Crippen LogP contribution is 2.38. The third-order valence-electron chi connectivity index (χ3n) is 2.48. The first-order valence-corrected chi connectivity index (χ1v) is 7.97. The molecule has 0 heterocycles. The predicted octanol–water partition coefficient (Wildman–Crippen LogP) is 3.22. The highest BCUT2D eigenvalue weighted by Gasteiger charge is 2.05. The van der Waals surface area contributed by atoms with Crippen LogP contribution in [0.4, 0.5) is 0 Å². The third-order valence-corrected chi connectivity index (χ3v) is 5.33. The number of hydrogen-bond donors (Lipinski definition) is 0. The van der Waals surface area contributed by atoms with Crippen molar-refractivity contribution in [2.45, 2.75) is 59.3 Å². The molecular weight excluding hydrogens is 207 g/mol. The molecule has 0 aromatic heterocycles. The largest absolute Gasteiger partial charge is 0.412 e. The molecule has 15 heavy (non-hydrogen) atoms. The van der Waals surface area contributed by atoms with Crippen molar-refractivity contribution in [2.75, 3.05) is 18.5 Å². The van der Waals surface area contributed by atoms with E-state index in [1.165, 1.54) is 38.5 Å². The van der Waals surface area contributed by atoms with Crippen molar-refractivity contribution >= 4 is 7.92 Å². The summed E-state index contributed by atoms with van der Waals surface area (Å²) in [6, 6.07) is 0. The normalized spacial score (nSPS) is 9.60. The van der Waals surface area contributed by atoms with Gasteiger partial charge in [0.1, 0.15) is 0 Å². The maximum Gasteiger partial charge on any atom is -0.0326 e. The molecule has 0 fully saturated rings. The van der Waals surface area contributed by atoms with Gasteiger partial charge in [0, 0.05) is 0 Å². The smallest absolute Gasteiger partial charge is 0.0326 e. The van der Waals surface area contributed by atoms with Crippen LogP contribution in [0.2, 0.25) is 0 Å². The van der Waals surface area contributed by atoms with Crippen molar-refractivity contribution in [1.82, 2.24) is 0 Å². The zero-order valence-corrected chi connectivity index (χ0v) is 11.7. The highest BCUT2D eigenvalue weighted by atomic mass is 31.1. The number of rotatable bonds is 9. The predicted molar refractivity (Wildman–Crippen MR) is 73.5 cm³/mol. The van der Waals surface area contributed by atoms with Gasteiger partial charge in [0.25, 0.3) is 0 Å². The van der Waals surface area contributed by atoms with Gasteiger partial charge in [-0.1, -0.05) is 40.0 Å². The molecule has 2 nitrogen and oxygen atoms in total. The van der Waals surface area contributed by atoms with Crippen LogP contribution in [0.25, 0.3) is 0 Å². The quantitative estimate of drug-likeness (QED) is 0.554. The molecule has 0 radical (unpaired) electrons. The van der Waals surface area contributed by atoms with Gasteiger partial charge in [-0.25, -0.2) is 0 Å². The minimum atomic E-state index is 0. The van der Waals surface area contributed by atoms with E-state index in [2.05, 4.69) is 20.8 Å². The van der Waals surface area contributed by atoms with E-state index in [1.807, 2.05) is 0 Å². The minimum absolute atomic E-state index is 0. The molecule has 3 heteroatoms. The van der Waals surface area contributed by atoms with Gasteiger partial charge >= 0.3 is 0 Å². The van der Waals surface area contributed by atoms with E-state index in [0.717, 1.165) is 0 Å². The van der Waals surface area contributed by atoms with Crippen LogP contribution in [-0.4, -0.2) is 29.4 Å². The molecule has 0 bridgehead atoms. The molecule has 0 unspecified atom stereocenters. The Balaban J connectivity index is -0.000000720. The topological polar surface area (TPSA) is 63.0 Å². The summed E-state index contributed by atoms with van der Waals surface area (Å²) in [7, 11) is 0.422. The average molecular weight is 238 g/mol. The van der Waals surface area contributed by atoms with Crippen LogP contribution in [0.5, 0.6) is 0 Å². The molecule has 0 amide bonds. The van der Waals surface area contributed by atoms with Crippen LogP contribution in [-0.2, 0) is 0 Å². The van der Waals surface area contributed by atoms with Crippen LogP contribution >= 0.6 is 7.92 Å². The van der Waals surface area contributed by atoms with Crippen LogP contribution in [0.15, 0.2) is 0 Å². The molecular formula is C12H31O2P. The van der Waals surface area contributed by atoms with Gasteiger partial charge in [-0.2, -0.15) is 0 Å². The SMILES string of the molecule is CCCCP(CCCC)CCCC.O.O. The van der Waals surface area contributed by atoms with Crippen LogP contribution in [0.1, 0.15) is 59.3 Å². The van der Waals surface area contributed by atoms with Crippen molar-refractivity contribution in [3.05, 3.63) is 0 Å². The molecule has 0 aromatic carbocycles. The molecule has 96 valence electrons. The second-order valence-corrected chi connectivity index (χ2v) is 6.59. The Morgan fingerprint density at radius 2 is 0.867 bits per heavy atom. The Hall–Kier alpha value is 0.350. The van der Waals surface area contributed by atoms with Crippen LogP contribution < -0.4 is 0 Å². The average Bonchev–Trinajstić information content (AvgIpc) is 2.17. The third kappa shape index (κ3) is 14.4. The Kier molecular flexibility index (Phi) is 23.2. The van der Waals surface area contributed by atoms with Gasteiger partial charge < -0.3 is 11.0 Å². The lowest BCUT2D eigenvalue weighted by Crippen LogP contribution is -1.95. The van der Waals surface area contributed by atoms with Gasteiger partial charge in [0.15, 0.2) is 0 Å². The molecule has 0 rings (SSSR count). The zero-order chi connectivity index (χ0) is 9.94. The molecule has 0 saturated carbocycles. The molecule has 0 aromatic rings. The molecule has 0 aliphatic rings. The van der Waals surface area contributed by atoms with E-state index in [4.69, 9.17) is 0 Å². The summed E-state index contributed by atoms with van der Waals surface area (Å²) in [6.07, 6.45) is 13.2. The fourth-order valence-corrected chi connectivity index (χ4v) is 4.44. The van der Waals surface area contributed by atoms with Crippen molar-refractivity contribution < 1.29 is 11.0 Å². The monoisotopic (exact) mass is 238 g/mol. The number of unbranched alkanes of at least 4 members (excludes halogenated alkanes) is 3. The van der Waals surface area contributed by atoms with Gasteiger partial charge in [0.2, 0.25) is 0 Å². The second kappa shape index (κ2) is 16.8. The van der Waals surface area contributed by atoms with E-state index in [0.29, 0.717) is 7.92 Å². The molecule has 0 aliphatic carbocycles. The first-order valence-electron chi connectivity index (χ1n) is 6.07. The van der Waals surface area contributed by atoms with Gasteiger partial charge in [-0.15, -0.1) is 7.92 Å². The van der Waals surface area contributed by atoms with Gasteiger partial charge in [0.05, 0.1) is 0 Å². The number of hydrogen-bond acceptors (Lipinski definition) is 0. The lowest BCUT2D eigenvalue weighted by molar-refractivity contribution is 0.823. The summed E-state index contributed by atoms with van der Waals surface area (Å²) in [4.78, 5) is 0. The van der Waals surface area contributed by atoms with Crippen LogP contribution in [0.3, 0.4) is 0 Å². The summed E-state index contributed by atoms with van der Waals surface area (Å²) in [6.45, 7) is 6.94. The summed E-state index contributed by atoms with van der Waals surface area (Å²) < 4.78 is 0. The molecule has 0 saturated heterocycles. The highest BCUT2D eigenvalue weighted by molar-refractivity contribution is 7.57. The maximum atomic E-state index is 2.31. The zero-order valence-electron chi connectivity index (χ0n) is 10.8. The van der Waals surface area contributed by atoms with Gasteiger partial charge in [-0.3, -0.25) is 0 Å². The summed E-state index contributed by atoms with van der Waals surface area (Å²) in [5, 5.41) is 0. The lowest BCUT2D eigenvalue weighted by atomic mass is 10.4. The van der Waals surface area contributed by atoms with Crippen LogP contribution in [0, 0.1) is 0 Å². The minimum Gasteiger partial charge on any atom is -0.412 e. The summed E-state index contributed by atoms with van der Waals surface area (Å²) in [5.41, 5.74) is 0. The Labute approximate surface area is 97.2 Å². The second-order valence-electron chi connectivity index (χ2n) is 3.90. The van der Waals surface area contributed by atoms with E-state index in [-0.39, 0.29) is 11.0 Å².